The lowest BCUT2D eigenvalue weighted by Gasteiger charge is -2.15. The summed E-state index contributed by atoms with van der Waals surface area (Å²) in [4.78, 5) is 36.2. The van der Waals surface area contributed by atoms with Gasteiger partial charge >= 0.3 is 5.97 Å². The number of carbonyl (C=O) groups excluding carboxylic acids is 2. The van der Waals surface area contributed by atoms with Crippen LogP contribution in [-0.4, -0.2) is 30.7 Å². The molecule has 0 saturated heterocycles. The smallest absolute Gasteiger partial charge is 0.343 e. The van der Waals surface area contributed by atoms with Gasteiger partial charge in [-0.2, -0.15) is 0 Å². The molecule has 0 fully saturated rings. The molecule has 8 nitrogen and oxygen atoms in total. The van der Waals surface area contributed by atoms with Gasteiger partial charge in [-0.05, 0) is 5.56 Å². The van der Waals surface area contributed by atoms with Gasteiger partial charge in [-0.3, -0.25) is 14.3 Å². The van der Waals surface area contributed by atoms with Crippen LogP contribution < -0.4 is 21.3 Å². The fourth-order valence-electron chi connectivity index (χ4n) is 2.07. The Morgan fingerprint density at radius 2 is 1.92 bits per heavy atom. The van der Waals surface area contributed by atoms with Crippen molar-refractivity contribution in [3.8, 4) is 5.75 Å². The highest BCUT2D eigenvalue weighted by atomic mass is 16.5. The average molecular weight is 331 g/mol. The second kappa shape index (κ2) is 7.32. The predicted octanol–water partition coefficient (Wildman–Crippen LogP) is 0.287. The fraction of sp³-hybridized carbons (Fsp3) is 0.188. The number of ether oxygens (including phenoxy) is 2. The summed E-state index contributed by atoms with van der Waals surface area (Å²) in [5.41, 5.74) is -0.494. The highest BCUT2D eigenvalue weighted by molar-refractivity contribution is 5.97. The molecule has 1 amide bonds. The molecule has 8 heteroatoms. The van der Waals surface area contributed by atoms with E-state index >= 15 is 0 Å². The van der Waals surface area contributed by atoms with Gasteiger partial charge in [0.25, 0.3) is 5.91 Å². The minimum Gasteiger partial charge on any atom is -0.482 e. The van der Waals surface area contributed by atoms with Gasteiger partial charge in [0.05, 0.1) is 7.11 Å². The first-order valence-electron chi connectivity index (χ1n) is 7.01. The molecule has 0 unspecified atom stereocenters. The van der Waals surface area contributed by atoms with E-state index < -0.39 is 17.3 Å². The molecule has 0 spiro atoms. The van der Waals surface area contributed by atoms with Crippen LogP contribution in [-0.2, 0) is 11.3 Å². The van der Waals surface area contributed by atoms with Crippen LogP contribution in [0.5, 0.6) is 5.75 Å². The predicted molar refractivity (Wildman–Crippen MR) is 86.4 cm³/mol. The SMILES string of the molecule is CNC(=O)c1c(OCc2ccccc2)c(=O)c(C(=O)OC)cn1N. The Hall–Kier alpha value is -3.29. The topological polar surface area (TPSA) is 113 Å². The number of pyridine rings is 1. The summed E-state index contributed by atoms with van der Waals surface area (Å²) >= 11 is 0. The van der Waals surface area contributed by atoms with E-state index in [0.29, 0.717) is 0 Å². The van der Waals surface area contributed by atoms with Gasteiger partial charge in [-0.15, -0.1) is 0 Å². The van der Waals surface area contributed by atoms with Crippen molar-refractivity contribution in [3.63, 3.8) is 0 Å². The summed E-state index contributed by atoms with van der Waals surface area (Å²) in [6.45, 7) is 0.0324. The van der Waals surface area contributed by atoms with Crippen LogP contribution in [0, 0.1) is 0 Å². The van der Waals surface area contributed by atoms with Gasteiger partial charge in [0.15, 0.2) is 11.4 Å². The number of nitrogens with one attached hydrogen (secondary N) is 1. The number of rotatable bonds is 5. The van der Waals surface area contributed by atoms with Gasteiger partial charge < -0.3 is 20.6 Å². The van der Waals surface area contributed by atoms with Crippen molar-refractivity contribution in [1.29, 1.82) is 0 Å². The van der Waals surface area contributed by atoms with Crippen LogP contribution in [0.3, 0.4) is 0 Å². The number of hydrogen-bond acceptors (Lipinski definition) is 6. The van der Waals surface area contributed by atoms with Gasteiger partial charge in [0, 0.05) is 13.2 Å². The first-order valence-corrected chi connectivity index (χ1v) is 7.01. The summed E-state index contributed by atoms with van der Waals surface area (Å²) in [5.74, 6) is 3.96. The monoisotopic (exact) mass is 331 g/mol. The maximum Gasteiger partial charge on any atom is 0.343 e. The molecule has 1 aromatic heterocycles. The third kappa shape index (κ3) is 3.37. The molecule has 0 aliphatic rings. The summed E-state index contributed by atoms with van der Waals surface area (Å²) < 4.78 is 10.9. The van der Waals surface area contributed by atoms with Crippen molar-refractivity contribution in [2.45, 2.75) is 6.61 Å². The third-order valence-corrected chi connectivity index (χ3v) is 3.27. The average Bonchev–Trinajstić information content (AvgIpc) is 2.61. The summed E-state index contributed by atoms with van der Waals surface area (Å²) in [6, 6.07) is 9.05. The maximum absolute atomic E-state index is 12.5. The second-order valence-corrected chi connectivity index (χ2v) is 4.80. The van der Waals surface area contributed by atoms with E-state index in [1.807, 2.05) is 18.2 Å². The number of benzene rings is 1. The molecule has 3 N–H and O–H groups in total. The normalized spacial score (nSPS) is 10.1. The number of nitrogens with two attached hydrogens (primary N) is 1. The standard InChI is InChI=1S/C16H17N3O5/c1-18-15(21)12-14(24-9-10-6-4-3-5-7-10)13(20)11(8-19(12)17)16(22)23-2/h3-8H,9,17H2,1-2H3,(H,18,21). The number of esters is 1. The van der Waals surface area contributed by atoms with Crippen molar-refractivity contribution in [2.75, 3.05) is 20.0 Å². The van der Waals surface area contributed by atoms with E-state index in [1.165, 1.54) is 7.05 Å². The van der Waals surface area contributed by atoms with Crippen molar-refractivity contribution in [3.05, 3.63) is 63.6 Å². The zero-order chi connectivity index (χ0) is 17.7. The first-order chi connectivity index (χ1) is 11.5. The van der Waals surface area contributed by atoms with Crippen molar-refractivity contribution >= 4 is 11.9 Å². The molecular formula is C16H17N3O5. The number of carbonyl (C=O) groups is 2. The van der Waals surface area contributed by atoms with E-state index in [9.17, 15) is 14.4 Å². The zero-order valence-corrected chi connectivity index (χ0v) is 13.2. The fourth-order valence-corrected chi connectivity index (χ4v) is 2.07. The zero-order valence-electron chi connectivity index (χ0n) is 13.2. The Bertz CT molecular complexity index is 814. The number of methoxy groups -OCH3 is 1. The van der Waals surface area contributed by atoms with Crippen LogP contribution in [0.15, 0.2) is 41.3 Å². The number of hydrogen-bond donors (Lipinski definition) is 2. The van der Waals surface area contributed by atoms with Gasteiger partial charge in [0.1, 0.15) is 12.2 Å². The molecule has 126 valence electrons. The Morgan fingerprint density at radius 1 is 1.25 bits per heavy atom. The first kappa shape index (κ1) is 17.1. The molecule has 0 aliphatic carbocycles. The highest BCUT2D eigenvalue weighted by Gasteiger charge is 2.24. The molecule has 24 heavy (non-hydrogen) atoms. The largest absolute Gasteiger partial charge is 0.482 e. The molecule has 1 heterocycles. The van der Waals surface area contributed by atoms with E-state index in [0.717, 1.165) is 23.5 Å². The molecule has 0 bridgehead atoms. The molecule has 1 aromatic carbocycles. The molecule has 2 aromatic rings. The van der Waals surface area contributed by atoms with Crippen LogP contribution in [0.25, 0.3) is 0 Å². The lowest BCUT2D eigenvalue weighted by molar-refractivity contribution is 0.0596. The Labute approximate surface area is 137 Å². The van der Waals surface area contributed by atoms with E-state index in [-0.39, 0.29) is 23.6 Å². The van der Waals surface area contributed by atoms with Gasteiger partial charge in [0.2, 0.25) is 5.43 Å². The summed E-state index contributed by atoms with van der Waals surface area (Å²) in [7, 11) is 2.53. The number of nitrogen functional groups attached to an aromatic ring is 1. The molecule has 0 atom stereocenters. The van der Waals surface area contributed by atoms with Crippen LogP contribution in [0.2, 0.25) is 0 Å². The van der Waals surface area contributed by atoms with Crippen LogP contribution in [0.4, 0.5) is 0 Å². The van der Waals surface area contributed by atoms with Gasteiger partial charge in [-0.1, -0.05) is 30.3 Å². The molecule has 2 rings (SSSR count). The molecule has 0 radical (unpaired) electrons. The summed E-state index contributed by atoms with van der Waals surface area (Å²) in [5, 5.41) is 2.38. The van der Waals surface area contributed by atoms with E-state index in [1.54, 1.807) is 12.1 Å². The lowest BCUT2D eigenvalue weighted by Crippen LogP contribution is -2.33. The lowest BCUT2D eigenvalue weighted by atomic mass is 10.2. The maximum atomic E-state index is 12.5. The van der Waals surface area contributed by atoms with Gasteiger partial charge in [-0.25, -0.2) is 4.79 Å². The third-order valence-electron chi connectivity index (χ3n) is 3.27. The Kier molecular flexibility index (Phi) is 5.20. The number of aromatic nitrogens is 1. The Morgan fingerprint density at radius 3 is 2.50 bits per heavy atom. The molecular weight excluding hydrogens is 314 g/mol. The van der Waals surface area contributed by atoms with Crippen molar-refractivity contribution in [1.82, 2.24) is 9.99 Å². The van der Waals surface area contributed by atoms with E-state index in [4.69, 9.17) is 10.6 Å². The van der Waals surface area contributed by atoms with Crippen molar-refractivity contribution in [2.24, 2.45) is 0 Å². The Balaban J connectivity index is 2.52. The number of nitrogens with zero attached hydrogens (tertiary/aromatic N) is 1. The van der Waals surface area contributed by atoms with Crippen LogP contribution >= 0.6 is 0 Å². The molecule has 0 saturated carbocycles. The minimum absolute atomic E-state index is 0.0324. The van der Waals surface area contributed by atoms with Crippen molar-refractivity contribution < 1.29 is 19.1 Å². The molecule has 0 aliphatic heterocycles. The minimum atomic E-state index is -0.868. The quantitative estimate of drug-likeness (QED) is 0.601. The number of amides is 1. The van der Waals surface area contributed by atoms with Crippen LogP contribution in [0.1, 0.15) is 26.4 Å². The summed E-state index contributed by atoms with van der Waals surface area (Å²) in [6.07, 6.45) is 1.04. The van der Waals surface area contributed by atoms with E-state index in [2.05, 4.69) is 10.1 Å². The highest BCUT2D eigenvalue weighted by Crippen LogP contribution is 2.16. The second-order valence-electron chi connectivity index (χ2n) is 4.80.